The Balaban J connectivity index is 2.16. The number of ether oxygens (including phenoxy) is 4. The van der Waals surface area contributed by atoms with Crippen LogP contribution in [0.5, 0.6) is 23.0 Å². The van der Waals surface area contributed by atoms with Gasteiger partial charge in [0.15, 0.2) is 11.5 Å². The summed E-state index contributed by atoms with van der Waals surface area (Å²) in [5.41, 5.74) is 3.18. The van der Waals surface area contributed by atoms with E-state index in [4.69, 9.17) is 18.9 Å². The number of methoxy groups -OCH3 is 4. The highest BCUT2D eigenvalue weighted by atomic mass is 32.2. The number of anilines is 1. The third-order valence-electron chi connectivity index (χ3n) is 4.12. The summed E-state index contributed by atoms with van der Waals surface area (Å²) in [6.07, 6.45) is 2.39. The molecule has 0 radical (unpaired) electrons. The van der Waals surface area contributed by atoms with Gasteiger partial charge in [-0.1, -0.05) is 6.07 Å². The Labute approximate surface area is 181 Å². The highest BCUT2D eigenvalue weighted by Crippen LogP contribution is 2.37. The highest BCUT2D eigenvalue weighted by molar-refractivity contribution is 7.92. The number of hydrogen-bond donors (Lipinski definition) is 1. The molecule has 31 heavy (non-hydrogen) atoms. The van der Waals surface area contributed by atoms with Crippen molar-refractivity contribution in [1.29, 1.82) is 0 Å². The molecule has 0 atom stereocenters. The first kappa shape index (κ1) is 23.8. The zero-order valence-corrected chi connectivity index (χ0v) is 18.7. The average Bonchev–Trinajstić information content (AvgIpc) is 2.75. The molecule has 0 unspecified atom stereocenters. The molecule has 168 valence electrons. The second-order valence-corrected chi connectivity index (χ2v) is 8.13. The van der Waals surface area contributed by atoms with Crippen LogP contribution in [0.15, 0.2) is 41.5 Å². The van der Waals surface area contributed by atoms with Gasteiger partial charge in [0.2, 0.25) is 15.8 Å². The Morgan fingerprint density at radius 1 is 1.03 bits per heavy atom. The Hall–Kier alpha value is -3.47. The maximum atomic E-state index is 12.3. The van der Waals surface area contributed by atoms with Crippen molar-refractivity contribution in [3.8, 4) is 23.0 Å². The van der Waals surface area contributed by atoms with E-state index in [-0.39, 0.29) is 0 Å². The maximum Gasteiger partial charge on any atom is 0.260 e. The molecule has 1 N–H and O–H groups in total. The normalized spacial score (nSPS) is 11.1. The summed E-state index contributed by atoms with van der Waals surface area (Å²) in [6.45, 7) is -0.460. The molecular weight excluding hydrogens is 426 g/mol. The standard InChI is InChI=1S/C20H25N3O7S/c1-27-16-8-6-7-15(11-16)23(31(5,25)26)13-19(24)22-21-12-14-9-17(28-2)20(30-4)18(10-14)29-3/h6-12H,13H2,1-5H3,(H,22,24). The van der Waals surface area contributed by atoms with E-state index in [0.717, 1.165) is 10.6 Å². The fourth-order valence-electron chi connectivity index (χ4n) is 2.69. The van der Waals surface area contributed by atoms with Gasteiger partial charge in [-0.05, 0) is 24.3 Å². The second-order valence-electron chi connectivity index (χ2n) is 6.22. The predicted molar refractivity (Wildman–Crippen MR) is 117 cm³/mol. The number of rotatable bonds is 10. The number of amides is 1. The van der Waals surface area contributed by atoms with Gasteiger partial charge in [-0.25, -0.2) is 13.8 Å². The van der Waals surface area contributed by atoms with E-state index in [1.807, 2.05) is 0 Å². The molecule has 2 rings (SSSR count). The molecule has 1 amide bonds. The third kappa shape index (κ3) is 6.25. The molecule has 0 heterocycles. The minimum Gasteiger partial charge on any atom is -0.497 e. The minimum atomic E-state index is -3.72. The van der Waals surface area contributed by atoms with Crippen molar-refractivity contribution >= 4 is 27.8 Å². The summed E-state index contributed by atoms with van der Waals surface area (Å²) >= 11 is 0. The lowest BCUT2D eigenvalue weighted by Crippen LogP contribution is -2.39. The number of nitrogens with one attached hydrogen (secondary N) is 1. The van der Waals surface area contributed by atoms with Crippen LogP contribution in [0.3, 0.4) is 0 Å². The summed E-state index contributed by atoms with van der Waals surface area (Å²) in [4.78, 5) is 12.3. The largest absolute Gasteiger partial charge is 0.497 e. The van der Waals surface area contributed by atoms with Crippen molar-refractivity contribution in [3.63, 3.8) is 0 Å². The third-order valence-corrected chi connectivity index (χ3v) is 5.26. The van der Waals surface area contributed by atoms with Gasteiger partial charge in [-0.2, -0.15) is 5.10 Å². The summed E-state index contributed by atoms with van der Waals surface area (Å²) in [6, 6.07) is 9.69. The molecule has 2 aromatic carbocycles. The smallest absolute Gasteiger partial charge is 0.260 e. The van der Waals surface area contributed by atoms with Crippen molar-refractivity contribution in [3.05, 3.63) is 42.0 Å². The van der Waals surface area contributed by atoms with Crippen LogP contribution in [0, 0.1) is 0 Å². The van der Waals surface area contributed by atoms with Crippen molar-refractivity contribution in [2.45, 2.75) is 0 Å². The minimum absolute atomic E-state index is 0.297. The van der Waals surface area contributed by atoms with E-state index < -0.39 is 22.5 Å². The van der Waals surface area contributed by atoms with Gasteiger partial charge in [-0.3, -0.25) is 9.10 Å². The Morgan fingerprint density at radius 2 is 1.68 bits per heavy atom. The van der Waals surface area contributed by atoms with E-state index in [1.165, 1.54) is 40.7 Å². The van der Waals surface area contributed by atoms with Crippen molar-refractivity contribution < 1.29 is 32.2 Å². The summed E-state index contributed by atoms with van der Waals surface area (Å²) in [5.74, 6) is 1.11. The molecule has 0 aliphatic carbocycles. The first-order chi connectivity index (χ1) is 14.7. The van der Waals surface area contributed by atoms with Gasteiger partial charge in [0.1, 0.15) is 12.3 Å². The van der Waals surface area contributed by atoms with E-state index in [1.54, 1.807) is 30.3 Å². The van der Waals surface area contributed by atoms with Crippen molar-refractivity contribution in [2.24, 2.45) is 5.10 Å². The molecule has 0 aliphatic rings. The first-order valence-electron chi connectivity index (χ1n) is 8.97. The van der Waals surface area contributed by atoms with Crippen LogP contribution in [-0.2, 0) is 14.8 Å². The molecule has 10 nitrogen and oxygen atoms in total. The Kier molecular flexibility index (Phi) is 8.08. The number of hydrazone groups is 1. The highest BCUT2D eigenvalue weighted by Gasteiger charge is 2.21. The monoisotopic (exact) mass is 451 g/mol. The molecular formula is C20H25N3O7S. The van der Waals surface area contributed by atoms with E-state index in [0.29, 0.717) is 34.2 Å². The molecule has 11 heteroatoms. The van der Waals surface area contributed by atoms with Crippen LogP contribution in [0.2, 0.25) is 0 Å². The van der Waals surface area contributed by atoms with Gasteiger partial charge >= 0.3 is 0 Å². The lowest BCUT2D eigenvalue weighted by molar-refractivity contribution is -0.119. The topological polar surface area (TPSA) is 116 Å². The summed E-state index contributed by atoms with van der Waals surface area (Å²) < 4.78 is 46.2. The lowest BCUT2D eigenvalue weighted by atomic mass is 10.2. The molecule has 2 aromatic rings. The first-order valence-corrected chi connectivity index (χ1v) is 10.8. The number of carbonyl (C=O) groups excluding carboxylic acids is 1. The maximum absolute atomic E-state index is 12.3. The molecule has 0 fully saturated rings. The van der Waals surface area contributed by atoms with Gasteiger partial charge in [0, 0.05) is 11.6 Å². The average molecular weight is 452 g/mol. The number of sulfonamides is 1. The summed E-state index contributed by atoms with van der Waals surface area (Å²) in [7, 11) is 2.20. The zero-order chi connectivity index (χ0) is 23.0. The van der Waals surface area contributed by atoms with Gasteiger partial charge < -0.3 is 18.9 Å². The fraction of sp³-hybridized carbons (Fsp3) is 0.300. The number of nitrogens with zero attached hydrogens (tertiary/aromatic N) is 2. The zero-order valence-electron chi connectivity index (χ0n) is 17.9. The van der Waals surface area contributed by atoms with E-state index in [2.05, 4.69) is 10.5 Å². The molecule has 0 spiro atoms. The van der Waals surface area contributed by atoms with Gasteiger partial charge in [0.05, 0.1) is 46.6 Å². The molecule has 0 saturated carbocycles. The molecule has 0 aromatic heterocycles. The lowest BCUT2D eigenvalue weighted by Gasteiger charge is -2.21. The quantitative estimate of drug-likeness (QED) is 0.431. The van der Waals surface area contributed by atoms with Gasteiger partial charge in [0.25, 0.3) is 5.91 Å². The van der Waals surface area contributed by atoms with Crippen LogP contribution >= 0.6 is 0 Å². The molecule has 0 saturated heterocycles. The van der Waals surface area contributed by atoms with Crippen LogP contribution in [0.25, 0.3) is 0 Å². The number of benzene rings is 2. The fourth-order valence-corrected chi connectivity index (χ4v) is 3.53. The SMILES string of the molecule is COc1cccc(N(CC(=O)NN=Cc2cc(OC)c(OC)c(OC)c2)S(C)(=O)=O)c1. The number of hydrogen-bond acceptors (Lipinski definition) is 8. The predicted octanol–water partition coefficient (Wildman–Crippen LogP) is 1.64. The van der Waals surface area contributed by atoms with Crippen LogP contribution in [-0.4, -0.2) is 61.8 Å². The van der Waals surface area contributed by atoms with Crippen LogP contribution in [0.1, 0.15) is 5.56 Å². The summed E-state index contributed by atoms with van der Waals surface area (Å²) in [5, 5.41) is 3.89. The van der Waals surface area contributed by atoms with Crippen molar-refractivity contribution in [1.82, 2.24) is 5.43 Å². The van der Waals surface area contributed by atoms with E-state index >= 15 is 0 Å². The van der Waals surface area contributed by atoms with Gasteiger partial charge in [-0.15, -0.1) is 0 Å². The van der Waals surface area contributed by atoms with Crippen LogP contribution < -0.4 is 28.7 Å². The molecule has 0 bridgehead atoms. The Bertz CT molecular complexity index is 1030. The van der Waals surface area contributed by atoms with E-state index in [9.17, 15) is 13.2 Å². The second kappa shape index (κ2) is 10.5. The number of carbonyl (C=O) groups is 1. The van der Waals surface area contributed by atoms with Crippen LogP contribution in [0.4, 0.5) is 5.69 Å². The van der Waals surface area contributed by atoms with Crippen molar-refractivity contribution in [2.75, 3.05) is 45.5 Å². The molecule has 0 aliphatic heterocycles. The Morgan fingerprint density at radius 3 is 2.19 bits per heavy atom.